The summed E-state index contributed by atoms with van der Waals surface area (Å²) in [6.45, 7) is 4.89. The SMILES string of the molecule is CCCN(CCC)S(=O)(=O)c1ccc(NC(=S)NC(=O)/C=C/c2ccccc2)cc1. The van der Waals surface area contributed by atoms with Crippen molar-refractivity contribution in [2.45, 2.75) is 31.6 Å². The van der Waals surface area contributed by atoms with E-state index in [4.69, 9.17) is 12.2 Å². The molecule has 2 N–H and O–H groups in total. The summed E-state index contributed by atoms with van der Waals surface area (Å²) in [7, 11) is -3.53. The highest BCUT2D eigenvalue weighted by Gasteiger charge is 2.22. The molecule has 0 fully saturated rings. The van der Waals surface area contributed by atoms with Crippen molar-refractivity contribution in [3.63, 3.8) is 0 Å². The van der Waals surface area contributed by atoms with Crippen molar-refractivity contribution < 1.29 is 13.2 Å². The number of rotatable bonds is 9. The van der Waals surface area contributed by atoms with Gasteiger partial charge in [-0.3, -0.25) is 10.1 Å². The number of nitrogens with one attached hydrogen (secondary N) is 2. The van der Waals surface area contributed by atoms with Crippen LogP contribution >= 0.6 is 12.2 Å². The Morgan fingerprint density at radius 1 is 1.00 bits per heavy atom. The largest absolute Gasteiger partial charge is 0.332 e. The van der Waals surface area contributed by atoms with Crippen LogP contribution in [0.2, 0.25) is 0 Å². The van der Waals surface area contributed by atoms with Crippen LogP contribution in [0.1, 0.15) is 32.3 Å². The van der Waals surface area contributed by atoms with Gasteiger partial charge in [0.25, 0.3) is 0 Å². The van der Waals surface area contributed by atoms with Gasteiger partial charge in [0.2, 0.25) is 15.9 Å². The highest BCUT2D eigenvalue weighted by Crippen LogP contribution is 2.19. The van der Waals surface area contributed by atoms with Crippen molar-refractivity contribution in [2.24, 2.45) is 0 Å². The number of nitrogens with zero attached hydrogens (tertiary/aromatic N) is 1. The third kappa shape index (κ3) is 7.05. The zero-order valence-corrected chi connectivity index (χ0v) is 18.8. The van der Waals surface area contributed by atoms with E-state index in [0.717, 1.165) is 18.4 Å². The number of hydrogen-bond acceptors (Lipinski definition) is 4. The number of sulfonamides is 1. The van der Waals surface area contributed by atoms with Gasteiger partial charge in [-0.15, -0.1) is 0 Å². The van der Waals surface area contributed by atoms with E-state index in [0.29, 0.717) is 18.8 Å². The monoisotopic (exact) mass is 445 g/mol. The molecule has 0 bridgehead atoms. The van der Waals surface area contributed by atoms with Crippen LogP contribution in [-0.2, 0) is 14.8 Å². The summed E-state index contributed by atoms with van der Waals surface area (Å²) >= 11 is 5.16. The van der Waals surface area contributed by atoms with Crippen LogP contribution < -0.4 is 10.6 Å². The van der Waals surface area contributed by atoms with Gasteiger partial charge >= 0.3 is 0 Å². The highest BCUT2D eigenvalue weighted by molar-refractivity contribution is 7.89. The number of amides is 1. The molecule has 0 heterocycles. The van der Waals surface area contributed by atoms with Gasteiger partial charge in [0.05, 0.1) is 4.90 Å². The van der Waals surface area contributed by atoms with Crippen LogP contribution in [0, 0.1) is 0 Å². The second-order valence-corrected chi connectivity index (χ2v) is 8.96. The van der Waals surface area contributed by atoms with Gasteiger partial charge in [0.1, 0.15) is 0 Å². The molecule has 6 nitrogen and oxygen atoms in total. The Balaban J connectivity index is 1.97. The molecule has 0 saturated heterocycles. The fourth-order valence-electron chi connectivity index (χ4n) is 2.76. The molecule has 0 unspecified atom stereocenters. The molecule has 0 aliphatic carbocycles. The average molecular weight is 446 g/mol. The molecule has 8 heteroatoms. The summed E-state index contributed by atoms with van der Waals surface area (Å²) in [6.07, 6.45) is 4.60. The first-order valence-corrected chi connectivity index (χ1v) is 11.7. The Labute approximate surface area is 184 Å². The molecule has 0 spiro atoms. The lowest BCUT2D eigenvalue weighted by atomic mass is 10.2. The fraction of sp³-hybridized carbons (Fsp3) is 0.273. The molecule has 0 aliphatic rings. The van der Waals surface area contributed by atoms with Crippen molar-refractivity contribution in [1.29, 1.82) is 0 Å². The molecule has 0 aliphatic heterocycles. The Morgan fingerprint density at radius 2 is 1.60 bits per heavy atom. The maximum atomic E-state index is 12.8. The Morgan fingerprint density at radius 3 is 2.17 bits per heavy atom. The van der Waals surface area contributed by atoms with Gasteiger partial charge in [-0.2, -0.15) is 4.31 Å². The van der Waals surface area contributed by atoms with E-state index in [1.54, 1.807) is 18.2 Å². The van der Waals surface area contributed by atoms with Gasteiger partial charge < -0.3 is 5.32 Å². The molecule has 0 radical (unpaired) electrons. The minimum Gasteiger partial charge on any atom is -0.332 e. The van der Waals surface area contributed by atoms with Crippen LogP contribution in [-0.4, -0.2) is 36.8 Å². The third-order valence-electron chi connectivity index (χ3n) is 4.16. The summed E-state index contributed by atoms with van der Waals surface area (Å²) in [5, 5.41) is 5.58. The molecule has 2 rings (SSSR count). The molecule has 30 heavy (non-hydrogen) atoms. The summed E-state index contributed by atoms with van der Waals surface area (Å²) in [5.74, 6) is -0.356. The van der Waals surface area contributed by atoms with E-state index in [-0.39, 0.29) is 15.9 Å². The minimum absolute atomic E-state index is 0.131. The van der Waals surface area contributed by atoms with Crippen molar-refractivity contribution in [1.82, 2.24) is 9.62 Å². The maximum absolute atomic E-state index is 12.8. The molecule has 160 valence electrons. The predicted molar refractivity (Wildman–Crippen MR) is 126 cm³/mol. The van der Waals surface area contributed by atoms with Gasteiger partial charge in [-0.25, -0.2) is 8.42 Å². The number of benzene rings is 2. The minimum atomic E-state index is -3.53. The molecule has 0 aromatic heterocycles. The van der Waals surface area contributed by atoms with Crippen molar-refractivity contribution in [3.05, 3.63) is 66.2 Å². The van der Waals surface area contributed by atoms with E-state index < -0.39 is 10.0 Å². The first-order chi connectivity index (χ1) is 14.4. The number of thiocarbonyl (C=S) groups is 1. The first-order valence-electron chi connectivity index (χ1n) is 9.82. The quantitative estimate of drug-likeness (QED) is 0.450. The van der Waals surface area contributed by atoms with E-state index in [1.165, 1.54) is 22.5 Å². The third-order valence-corrected chi connectivity index (χ3v) is 6.28. The molecule has 0 saturated carbocycles. The Bertz CT molecular complexity index is 966. The first kappa shape index (κ1) is 23.7. The highest BCUT2D eigenvalue weighted by atomic mass is 32.2. The number of hydrogen-bond donors (Lipinski definition) is 2. The van der Waals surface area contributed by atoms with Gasteiger partial charge in [0, 0.05) is 24.9 Å². The summed E-state index contributed by atoms with van der Waals surface area (Å²) in [4.78, 5) is 12.2. The second kappa shape index (κ2) is 11.6. The van der Waals surface area contributed by atoms with Crippen LogP contribution in [0.3, 0.4) is 0 Å². The summed E-state index contributed by atoms with van der Waals surface area (Å²) < 4.78 is 27.1. The van der Waals surface area contributed by atoms with Crippen LogP contribution in [0.15, 0.2) is 65.6 Å². The lowest BCUT2D eigenvalue weighted by Crippen LogP contribution is -2.33. The molecular formula is C22H27N3O3S2. The van der Waals surface area contributed by atoms with Crippen LogP contribution in [0.5, 0.6) is 0 Å². The summed E-state index contributed by atoms with van der Waals surface area (Å²) in [5.41, 5.74) is 1.49. The normalized spacial score (nSPS) is 11.6. The number of carbonyl (C=O) groups is 1. The Hall–Kier alpha value is -2.55. The van der Waals surface area contributed by atoms with E-state index in [2.05, 4.69) is 10.6 Å². The summed E-state index contributed by atoms with van der Waals surface area (Å²) in [6, 6.07) is 15.8. The lowest BCUT2D eigenvalue weighted by Gasteiger charge is -2.21. The fourth-order valence-corrected chi connectivity index (χ4v) is 4.60. The molecule has 2 aromatic rings. The van der Waals surface area contributed by atoms with E-state index in [9.17, 15) is 13.2 Å². The van der Waals surface area contributed by atoms with Gasteiger partial charge in [-0.1, -0.05) is 44.2 Å². The maximum Gasteiger partial charge on any atom is 0.250 e. The number of anilines is 1. The standard InChI is InChI=1S/C22H27N3O3S2/c1-3-16-25(17-4-2)30(27,28)20-13-11-19(12-14-20)23-22(29)24-21(26)15-10-18-8-6-5-7-9-18/h5-15H,3-4,16-17H2,1-2H3,(H2,23,24,26,29)/b15-10+. The predicted octanol–water partition coefficient (Wildman–Crippen LogP) is 4.02. The molecule has 1 amide bonds. The molecule has 0 atom stereocenters. The van der Waals surface area contributed by atoms with Crippen LogP contribution in [0.4, 0.5) is 5.69 Å². The van der Waals surface area contributed by atoms with Gasteiger partial charge in [0.15, 0.2) is 5.11 Å². The van der Waals surface area contributed by atoms with Crippen molar-refractivity contribution in [3.8, 4) is 0 Å². The second-order valence-electron chi connectivity index (χ2n) is 6.62. The van der Waals surface area contributed by atoms with Crippen molar-refractivity contribution >= 4 is 45.0 Å². The van der Waals surface area contributed by atoms with E-state index >= 15 is 0 Å². The zero-order valence-electron chi connectivity index (χ0n) is 17.2. The van der Waals surface area contributed by atoms with Crippen LogP contribution in [0.25, 0.3) is 6.08 Å². The molecule has 2 aromatic carbocycles. The average Bonchev–Trinajstić information content (AvgIpc) is 2.73. The Kier molecular flexibility index (Phi) is 9.16. The number of carbonyl (C=O) groups excluding carboxylic acids is 1. The van der Waals surface area contributed by atoms with E-state index in [1.807, 2.05) is 44.2 Å². The topological polar surface area (TPSA) is 78.5 Å². The van der Waals surface area contributed by atoms with Gasteiger partial charge in [-0.05, 0) is 61.0 Å². The smallest absolute Gasteiger partial charge is 0.250 e. The van der Waals surface area contributed by atoms with Crippen molar-refractivity contribution in [2.75, 3.05) is 18.4 Å². The molecular weight excluding hydrogens is 418 g/mol. The zero-order chi connectivity index (χ0) is 22.0. The lowest BCUT2D eigenvalue weighted by molar-refractivity contribution is -0.115.